The lowest BCUT2D eigenvalue weighted by Crippen LogP contribution is -2.51. The quantitative estimate of drug-likeness (QED) is 0.216. The lowest BCUT2D eigenvalue weighted by atomic mass is 9.45. The molecule has 1 N–H and O–H groups in total. The van der Waals surface area contributed by atoms with Crippen LogP contribution in [-0.2, 0) is 16.1 Å². The summed E-state index contributed by atoms with van der Waals surface area (Å²) in [5, 5.41) is 10.8. The van der Waals surface area contributed by atoms with E-state index in [1.54, 1.807) is 5.57 Å². The molecule has 0 aromatic heterocycles. The summed E-state index contributed by atoms with van der Waals surface area (Å²) in [6.07, 6.45) is 16.0. The Kier molecular flexibility index (Phi) is 17.8. The van der Waals surface area contributed by atoms with E-state index in [9.17, 15) is 9.90 Å². The van der Waals surface area contributed by atoms with Gasteiger partial charge in [-0.2, -0.15) is 0 Å². The Morgan fingerprint density at radius 3 is 2.26 bits per heavy atom. The second-order valence-corrected chi connectivity index (χ2v) is 13.9. The van der Waals surface area contributed by atoms with Crippen molar-refractivity contribution in [2.45, 2.75) is 140 Å². The summed E-state index contributed by atoms with van der Waals surface area (Å²) in [7, 11) is 0. The van der Waals surface area contributed by atoms with Crippen LogP contribution in [0.5, 0.6) is 0 Å². The first-order chi connectivity index (χ1) is 20.6. The number of carbonyl (C=O) groups is 1. The number of fused-ring (bicyclic) bond motifs is 3. The molecule has 43 heavy (non-hydrogen) atoms. The molecule has 0 amide bonds. The van der Waals surface area contributed by atoms with Gasteiger partial charge in [-0.1, -0.05) is 124 Å². The highest BCUT2D eigenvalue weighted by Crippen LogP contribution is 2.63. The fourth-order valence-electron chi connectivity index (χ4n) is 8.55. The van der Waals surface area contributed by atoms with E-state index in [1.807, 2.05) is 58.0 Å². The minimum absolute atomic E-state index is 0.166. The molecule has 3 aliphatic rings. The Labute approximate surface area is 267 Å². The summed E-state index contributed by atoms with van der Waals surface area (Å²) >= 11 is 0. The molecule has 0 saturated heterocycles. The van der Waals surface area contributed by atoms with Crippen LogP contribution in [0.15, 0.2) is 54.6 Å². The van der Waals surface area contributed by atoms with E-state index < -0.39 is 0 Å². The van der Waals surface area contributed by atoms with Crippen molar-refractivity contribution in [2.75, 3.05) is 0 Å². The third kappa shape index (κ3) is 10.3. The van der Waals surface area contributed by atoms with E-state index in [2.05, 4.69) is 65.0 Å². The molecular weight excluding hydrogens is 528 g/mol. The van der Waals surface area contributed by atoms with Gasteiger partial charge < -0.3 is 9.84 Å². The molecule has 6 unspecified atom stereocenters. The average molecular weight is 597 g/mol. The molecule has 0 aliphatic heterocycles. The fourth-order valence-corrected chi connectivity index (χ4v) is 8.55. The number of hydrogen-bond acceptors (Lipinski definition) is 3. The molecule has 7 atom stereocenters. The summed E-state index contributed by atoms with van der Waals surface area (Å²) < 4.78 is 4.54. The number of allylic oxidation sites excluding steroid dienone is 2. The second kappa shape index (κ2) is 19.5. The molecule has 3 heteroatoms. The smallest absolute Gasteiger partial charge is 0.293 e. The monoisotopic (exact) mass is 597 g/mol. The zero-order valence-electron chi connectivity index (χ0n) is 29.7. The number of hydrogen-bond donors (Lipinski definition) is 1. The van der Waals surface area contributed by atoms with Crippen LogP contribution in [0.4, 0.5) is 0 Å². The second-order valence-electron chi connectivity index (χ2n) is 13.9. The molecule has 0 bridgehead atoms. The molecular formula is C40H68O3. The topological polar surface area (TPSA) is 46.5 Å². The highest BCUT2D eigenvalue weighted by Gasteiger charge is 2.54. The van der Waals surface area contributed by atoms with Crippen LogP contribution in [0.3, 0.4) is 0 Å². The largest absolute Gasteiger partial charge is 0.463 e. The van der Waals surface area contributed by atoms with Crippen molar-refractivity contribution in [3.63, 3.8) is 0 Å². The van der Waals surface area contributed by atoms with Crippen molar-refractivity contribution in [3.8, 4) is 0 Å². The van der Waals surface area contributed by atoms with Crippen LogP contribution >= 0.6 is 0 Å². The van der Waals surface area contributed by atoms with Crippen LogP contribution in [0.25, 0.3) is 0 Å². The van der Waals surface area contributed by atoms with E-state index in [1.165, 1.54) is 44.9 Å². The van der Waals surface area contributed by atoms with Gasteiger partial charge in [0.2, 0.25) is 0 Å². The summed E-state index contributed by atoms with van der Waals surface area (Å²) in [6, 6.07) is 9.55. The Bertz CT molecular complexity index is 932. The standard InChI is InChI=1S/C28H48O.C8H8O2.2C2H6/c1-8-10-26(29)22(9-2)23-13-14-25-24(27(23,5)6)12-11-21-18-20(17-19(3)4)15-16-28(21,25)7;9-7-10-6-8-4-2-1-3-5-8;2*1-2/h9,12,19-23,25-26,29H,2,8,10-11,13-18H2,1,3-7H3;1-5,7H,6H2;2*1-2H3/t20?,21?,22-,23?,25?,26?,28?;;;/m1.../s1. The lowest BCUT2D eigenvalue weighted by molar-refractivity contribution is -0.129. The van der Waals surface area contributed by atoms with Gasteiger partial charge in [0.05, 0.1) is 6.10 Å². The van der Waals surface area contributed by atoms with Gasteiger partial charge in [0, 0.05) is 5.92 Å². The summed E-state index contributed by atoms with van der Waals surface area (Å²) in [6.45, 7) is 27.5. The third-order valence-electron chi connectivity index (χ3n) is 10.6. The Balaban J connectivity index is 0.000000552. The van der Waals surface area contributed by atoms with Crippen LogP contribution in [0.1, 0.15) is 133 Å². The Hall–Kier alpha value is -1.87. The van der Waals surface area contributed by atoms with Gasteiger partial charge in [-0.25, -0.2) is 0 Å². The minimum Gasteiger partial charge on any atom is -0.463 e. The first-order valence-electron chi connectivity index (χ1n) is 17.7. The maximum Gasteiger partial charge on any atom is 0.293 e. The first-order valence-corrected chi connectivity index (χ1v) is 17.7. The van der Waals surface area contributed by atoms with Crippen molar-refractivity contribution in [1.29, 1.82) is 0 Å². The molecule has 246 valence electrons. The van der Waals surface area contributed by atoms with Crippen LogP contribution in [0, 0.1) is 46.3 Å². The number of benzene rings is 1. The molecule has 0 radical (unpaired) electrons. The minimum atomic E-state index is -0.239. The Morgan fingerprint density at radius 1 is 1.05 bits per heavy atom. The molecule has 1 aromatic rings. The number of aliphatic hydroxyl groups excluding tert-OH is 1. The van der Waals surface area contributed by atoms with Gasteiger partial charge in [0.25, 0.3) is 6.47 Å². The third-order valence-corrected chi connectivity index (χ3v) is 10.6. The van der Waals surface area contributed by atoms with Gasteiger partial charge in [-0.15, -0.1) is 6.58 Å². The number of aliphatic hydroxyl groups is 1. The maximum atomic E-state index is 10.8. The van der Waals surface area contributed by atoms with Crippen molar-refractivity contribution in [3.05, 3.63) is 60.2 Å². The van der Waals surface area contributed by atoms with Gasteiger partial charge in [-0.3, -0.25) is 4.79 Å². The summed E-state index contributed by atoms with van der Waals surface area (Å²) in [4.78, 5) is 9.76. The zero-order chi connectivity index (χ0) is 32.6. The van der Waals surface area contributed by atoms with Crippen LogP contribution in [-0.4, -0.2) is 17.7 Å². The predicted octanol–water partition coefficient (Wildman–Crippen LogP) is 11.2. The first kappa shape index (κ1) is 39.2. The van der Waals surface area contributed by atoms with Crippen LogP contribution in [0.2, 0.25) is 0 Å². The molecule has 2 saturated carbocycles. The Morgan fingerprint density at radius 2 is 1.70 bits per heavy atom. The fraction of sp³-hybridized carbons (Fsp3) is 0.725. The molecule has 1 aromatic carbocycles. The molecule has 0 heterocycles. The lowest BCUT2D eigenvalue weighted by Gasteiger charge is -2.59. The zero-order valence-corrected chi connectivity index (χ0v) is 29.7. The van der Waals surface area contributed by atoms with Gasteiger partial charge in [-0.05, 0) is 97.3 Å². The number of ether oxygens (including phenoxy) is 1. The van der Waals surface area contributed by atoms with Gasteiger partial charge in [0.1, 0.15) is 6.61 Å². The molecule has 4 rings (SSSR count). The van der Waals surface area contributed by atoms with E-state index in [0.717, 1.165) is 42.1 Å². The SMILES string of the molecule is C=C[C@@H](C(O)CCC)C1CCC2C(=CCC3CC(CC(C)C)CCC32C)C1(C)C.CC.CC.O=COCc1ccccc1. The predicted molar refractivity (Wildman–Crippen MR) is 186 cm³/mol. The van der Waals surface area contributed by atoms with E-state index in [-0.39, 0.29) is 17.4 Å². The number of rotatable bonds is 10. The normalized spacial score (nSPS) is 28.3. The van der Waals surface area contributed by atoms with E-state index in [4.69, 9.17) is 0 Å². The molecule has 2 fully saturated rings. The average Bonchev–Trinajstić information content (AvgIpc) is 3.00. The van der Waals surface area contributed by atoms with Crippen molar-refractivity contribution < 1.29 is 14.6 Å². The van der Waals surface area contributed by atoms with Gasteiger partial charge >= 0.3 is 0 Å². The van der Waals surface area contributed by atoms with Crippen molar-refractivity contribution in [1.82, 2.24) is 0 Å². The van der Waals surface area contributed by atoms with Crippen LogP contribution < -0.4 is 0 Å². The highest BCUT2D eigenvalue weighted by molar-refractivity contribution is 5.37. The van der Waals surface area contributed by atoms with Crippen molar-refractivity contribution >= 4 is 6.47 Å². The highest BCUT2D eigenvalue weighted by atomic mass is 16.5. The summed E-state index contributed by atoms with van der Waals surface area (Å²) in [5.74, 6) is 4.14. The molecule has 0 spiro atoms. The molecule has 3 nitrogen and oxygen atoms in total. The molecule has 3 aliphatic carbocycles. The van der Waals surface area contributed by atoms with E-state index >= 15 is 0 Å². The maximum absolute atomic E-state index is 10.8. The van der Waals surface area contributed by atoms with E-state index in [0.29, 0.717) is 24.4 Å². The van der Waals surface area contributed by atoms with Crippen molar-refractivity contribution in [2.24, 2.45) is 46.3 Å². The summed E-state index contributed by atoms with van der Waals surface area (Å²) in [5.41, 5.74) is 3.39. The van der Waals surface area contributed by atoms with Gasteiger partial charge in [0.15, 0.2) is 0 Å². The number of carbonyl (C=O) groups excluding carboxylic acids is 1.